The first-order valence-electron chi connectivity index (χ1n) is 7.02. The number of nitrogens with zero attached hydrogens (tertiary/aromatic N) is 1. The van der Waals surface area contributed by atoms with Crippen LogP contribution in [-0.4, -0.2) is 60.4 Å². The van der Waals surface area contributed by atoms with Crippen molar-refractivity contribution >= 4 is 5.78 Å². The largest absolute Gasteiger partial charge is 0.415 e. The second-order valence-corrected chi connectivity index (χ2v) is 5.27. The highest BCUT2D eigenvalue weighted by Gasteiger charge is 2.40. The van der Waals surface area contributed by atoms with Crippen LogP contribution in [0.25, 0.3) is 0 Å². The van der Waals surface area contributed by atoms with E-state index in [1.807, 2.05) is 0 Å². The summed E-state index contributed by atoms with van der Waals surface area (Å²) in [5.74, 6) is -0.150. The lowest BCUT2D eigenvalue weighted by molar-refractivity contribution is -0.212. The number of β-amino-alcohol motifs (C(OH)–C–C–N with tert-alkyl or cyclic N) is 1. The SMILES string of the molecule is O=C(C[C@@H]1COCCN1C[C@@H](O)C(F)(F)F)c1ccccc1. The Morgan fingerprint density at radius 3 is 2.68 bits per heavy atom. The van der Waals surface area contributed by atoms with E-state index in [2.05, 4.69) is 0 Å². The molecule has 0 saturated carbocycles. The normalized spacial score (nSPS) is 21.5. The van der Waals surface area contributed by atoms with Gasteiger partial charge in [-0.15, -0.1) is 0 Å². The number of carbonyl (C=O) groups excluding carboxylic acids is 1. The van der Waals surface area contributed by atoms with Crippen LogP contribution in [0.15, 0.2) is 30.3 Å². The number of ether oxygens (including phenoxy) is 1. The topological polar surface area (TPSA) is 49.8 Å². The van der Waals surface area contributed by atoms with Crippen LogP contribution in [0.4, 0.5) is 13.2 Å². The third kappa shape index (κ3) is 4.53. The van der Waals surface area contributed by atoms with E-state index in [1.54, 1.807) is 30.3 Å². The van der Waals surface area contributed by atoms with Crippen LogP contribution >= 0.6 is 0 Å². The van der Waals surface area contributed by atoms with Crippen molar-refractivity contribution in [3.8, 4) is 0 Å². The molecule has 4 nitrogen and oxygen atoms in total. The summed E-state index contributed by atoms with van der Waals surface area (Å²) < 4.78 is 42.7. The molecule has 1 aliphatic heterocycles. The van der Waals surface area contributed by atoms with Gasteiger partial charge in [0.15, 0.2) is 11.9 Å². The lowest BCUT2D eigenvalue weighted by Crippen LogP contribution is -2.51. The Bertz CT molecular complexity index is 493. The molecule has 0 aliphatic carbocycles. The zero-order valence-electron chi connectivity index (χ0n) is 11.9. The van der Waals surface area contributed by atoms with Gasteiger partial charge in [-0.05, 0) is 0 Å². The maximum atomic E-state index is 12.5. The van der Waals surface area contributed by atoms with Gasteiger partial charge in [-0.3, -0.25) is 9.69 Å². The highest BCUT2D eigenvalue weighted by Crippen LogP contribution is 2.23. The highest BCUT2D eigenvalue weighted by atomic mass is 19.4. The van der Waals surface area contributed by atoms with Gasteiger partial charge < -0.3 is 9.84 Å². The van der Waals surface area contributed by atoms with Gasteiger partial charge in [-0.25, -0.2) is 0 Å². The number of hydrogen-bond acceptors (Lipinski definition) is 4. The molecule has 1 heterocycles. The van der Waals surface area contributed by atoms with Crippen molar-refractivity contribution in [1.82, 2.24) is 4.90 Å². The molecule has 0 bridgehead atoms. The van der Waals surface area contributed by atoms with Gasteiger partial charge in [-0.2, -0.15) is 13.2 Å². The van der Waals surface area contributed by atoms with Gasteiger partial charge >= 0.3 is 6.18 Å². The average molecular weight is 317 g/mol. The van der Waals surface area contributed by atoms with Gasteiger partial charge in [-0.1, -0.05) is 30.3 Å². The van der Waals surface area contributed by atoms with E-state index in [-0.39, 0.29) is 25.4 Å². The number of alkyl halides is 3. The van der Waals surface area contributed by atoms with E-state index in [0.29, 0.717) is 12.2 Å². The van der Waals surface area contributed by atoms with Gasteiger partial charge in [0, 0.05) is 31.1 Å². The average Bonchev–Trinajstić information content (AvgIpc) is 2.49. The molecule has 0 amide bonds. The minimum absolute atomic E-state index is 0.0641. The van der Waals surface area contributed by atoms with Crippen LogP contribution in [0.3, 0.4) is 0 Å². The summed E-state index contributed by atoms with van der Waals surface area (Å²) in [5.41, 5.74) is 0.518. The van der Waals surface area contributed by atoms with Crippen LogP contribution in [0.2, 0.25) is 0 Å². The first-order chi connectivity index (χ1) is 10.4. The fraction of sp³-hybridized carbons (Fsp3) is 0.533. The molecule has 1 saturated heterocycles. The minimum atomic E-state index is -4.66. The van der Waals surface area contributed by atoms with E-state index in [4.69, 9.17) is 4.74 Å². The third-order valence-electron chi connectivity index (χ3n) is 3.65. The fourth-order valence-corrected chi connectivity index (χ4v) is 2.40. The van der Waals surface area contributed by atoms with E-state index in [9.17, 15) is 23.1 Å². The first-order valence-corrected chi connectivity index (χ1v) is 7.02. The van der Waals surface area contributed by atoms with E-state index in [1.165, 1.54) is 4.90 Å². The van der Waals surface area contributed by atoms with E-state index >= 15 is 0 Å². The highest BCUT2D eigenvalue weighted by molar-refractivity contribution is 5.96. The number of rotatable bonds is 5. The van der Waals surface area contributed by atoms with Gasteiger partial charge in [0.05, 0.1) is 13.2 Å². The van der Waals surface area contributed by atoms with Gasteiger partial charge in [0.1, 0.15) is 0 Å². The summed E-state index contributed by atoms with van der Waals surface area (Å²) in [6.07, 6.45) is -7.01. The number of halogens is 3. The zero-order chi connectivity index (χ0) is 16.2. The summed E-state index contributed by atoms with van der Waals surface area (Å²) in [7, 11) is 0. The smallest absolute Gasteiger partial charge is 0.382 e. The lowest BCUT2D eigenvalue weighted by atomic mass is 10.0. The fourth-order valence-electron chi connectivity index (χ4n) is 2.40. The molecule has 1 aromatic carbocycles. The quantitative estimate of drug-likeness (QED) is 0.843. The van der Waals surface area contributed by atoms with E-state index < -0.39 is 24.9 Å². The van der Waals surface area contributed by atoms with E-state index in [0.717, 1.165) is 0 Å². The molecule has 22 heavy (non-hydrogen) atoms. The predicted molar refractivity (Wildman–Crippen MR) is 73.6 cm³/mol. The molecule has 1 aromatic rings. The molecule has 1 fully saturated rings. The molecular formula is C15H18F3NO3. The standard InChI is InChI=1S/C15H18F3NO3/c16-15(17,18)14(21)9-19-6-7-22-10-12(19)8-13(20)11-4-2-1-3-5-11/h1-5,12,14,21H,6-10H2/t12-,14-/m1/s1. The van der Waals surface area contributed by atoms with Crippen molar-refractivity contribution in [2.75, 3.05) is 26.3 Å². The van der Waals surface area contributed by atoms with Crippen LogP contribution < -0.4 is 0 Å². The molecule has 0 aromatic heterocycles. The maximum Gasteiger partial charge on any atom is 0.415 e. The van der Waals surface area contributed by atoms with Gasteiger partial charge in [0.25, 0.3) is 0 Å². The molecule has 122 valence electrons. The van der Waals surface area contributed by atoms with Crippen molar-refractivity contribution in [1.29, 1.82) is 0 Å². The second kappa shape index (κ2) is 7.21. The first kappa shape index (κ1) is 16.9. The Morgan fingerprint density at radius 2 is 2.05 bits per heavy atom. The number of aliphatic hydroxyl groups is 1. The molecule has 2 rings (SSSR count). The minimum Gasteiger partial charge on any atom is -0.382 e. The lowest BCUT2D eigenvalue weighted by Gasteiger charge is -2.36. The van der Waals surface area contributed by atoms with Crippen molar-refractivity contribution < 1.29 is 27.8 Å². The molecule has 0 unspecified atom stereocenters. The molecule has 2 atom stereocenters. The summed E-state index contributed by atoms with van der Waals surface area (Å²) in [5, 5.41) is 9.21. The number of morpholine rings is 1. The van der Waals surface area contributed by atoms with Crippen LogP contribution in [0.1, 0.15) is 16.8 Å². The molecule has 7 heteroatoms. The zero-order valence-corrected chi connectivity index (χ0v) is 11.9. The molecule has 0 radical (unpaired) electrons. The van der Waals surface area contributed by atoms with Crippen LogP contribution in [-0.2, 0) is 4.74 Å². The Kier molecular flexibility index (Phi) is 5.55. The number of carbonyl (C=O) groups is 1. The summed E-state index contributed by atoms with van der Waals surface area (Å²) in [4.78, 5) is 13.6. The maximum absolute atomic E-state index is 12.5. The number of Topliss-reactive ketones (excluding diaryl/α,β-unsaturated/α-hetero) is 1. The summed E-state index contributed by atoms with van der Waals surface area (Å²) in [6.45, 7) is 0.198. The Balaban J connectivity index is 1.99. The third-order valence-corrected chi connectivity index (χ3v) is 3.65. The molecule has 1 aliphatic rings. The van der Waals surface area contributed by atoms with Crippen molar-refractivity contribution in [2.24, 2.45) is 0 Å². The Labute approximate surface area is 126 Å². The number of ketones is 1. The van der Waals surface area contributed by atoms with Crippen molar-refractivity contribution in [3.05, 3.63) is 35.9 Å². The monoisotopic (exact) mass is 317 g/mol. The van der Waals surface area contributed by atoms with Crippen molar-refractivity contribution in [3.63, 3.8) is 0 Å². The molecular weight excluding hydrogens is 299 g/mol. The number of benzene rings is 1. The Morgan fingerprint density at radius 1 is 1.36 bits per heavy atom. The van der Waals surface area contributed by atoms with Crippen LogP contribution in [0, 0.1) is 0 Å². The molecule has 0 spiro atoms. The summed E-state index contributed by atoms with van der Waals surface area (Å²) in [6, 6.07) is 8.12. The van der Waals surface area contributed by atoms with Crippen LogP contribution in [0.5, 0.6) is 0 Å². The number of aliphatic hydroxyl groups excluding tert-OH is 1. The Hall–Kier alpha value is -1.44. The number of hydrogen-bond donors (Lipinski definition) is 1. The second-order valence-electron chi connectivity index (χ2n) is 5.27. The van der Waals surface area contributed by atoms with Crippen molar-refractivity contribution in [2.45, 2.75) is 24.7 Å². The predicted octanol–water partition coefficient (Wildman–Crippen LogP) is 1.88. The van der Waals surface area contributed by atoms with Gasteiger partial charge in [0.2, 0.25) is 0 Å². The summed E-state index contributed by atoms with van der Waals surface area (Å²) >= 11 is 0. The molecule has 1 N–H and O–H groups in total.